The van der Waals surface area contributed by atoms with E-state index < -0.39 is 0 Å². The van der Waals surface area contributed by atoms with Crippen molar-refractivity contribution in [3.8, 4) is 11.5 Å². The summed E-state index contributed by atoms with van der Waals surface area (Å²) >= 11 is 0. The van der Waals surface area contributed by atoms with Crippen LogP contribution in [0.3, 0.4) is 0 Å². The molecule has 0 saturated heterocycles. The average molecular weight is 326 g/mol. The summed E-state index contributed by atoms with van der Waals surface area (Å²) in [6, 6.07) is 10.6. The van der Waals surface area contributed by atoms with Crippen LogP contribution in [0, 0.1) is 12.8 Å². The van der Waals surface area contributed by atoms with Gasteiger partial charge in [0, 0.05) is 24.2 Å². The Hall–Kier alpha value is -2.07. The molecule has 2 heterocycles. The zero-order chi connectivity index (χ0) is 17.1. The highest BCUT2D eigenvalue weighted by Crippen LogP contribution is 2.37. The number of benzene rings is 1. The largest absolute Gasteiger partial charge is 0.497 e. The summed E-state index contributed by atoms with van der Waals surface area (Å²) < 4.78 is 11.2. The van der Waals surface area contributed by atoms with Crippen LogP contribution in [0.15, 0.2) is 36.5 Å². The fourth-order valence-corrected chi connectivity index (χ4v) is 3.30. The quantitative estimate of drug-likeness (QED) is 0.894. The maximum absolute atomic E-state index is 5.81. The average Bonchev–Trinajstić information content (AvgIpc) is 2.60. The number of aromatic nitrogens is 1. The number of nitrogens with zero attached hydrogens (tertiary/aromatic N) is 1. The predicted molar refractivity (Wildman–Crippen MR) is 95.5 cm³/mol. The van der Waals surface area contributed by atoms with Crippen molar-refractivity contribution in [3.63, 3.8) is 0 Å². The first-order valence-corrected chi connectivity index (χ1v) is 8.58. The molecule has 0 saturated carbocycles. The number of ether oxygens (including phenoxy) is 2. The van der Waals surface area contributed by atoms with E-state index in [1.165, 1.54) is 11.1 Å². The van der Waals surface area contributed by atoms with E-state index in [1.54, 1.807) is 7.11 Å². The van der Waals surface area contributed by atoms with Crippen LogP contribution in [-0.2, 0) is 0 Å². The van der Waals surface area contributed by atoms with E-state index in [0.29, 0.717) is 5.92 Å². The van der Waals surface area contributed by atoms with Crippen molar-refractivity contribution in [3.05, 3.63) is 53.3 Å². The highest BCUT2D eigenvalue weighted by Gasteiger charge is 2.27. The van der Waals surface area contributed by atoms with E-state index in [0.717, 1.165) is 30.2 Å². The van der Waals surface area contributed by atoms with Crippen LogP contribution < -0.4 is 14.8 Å². The van der Waals surface area contributed by atoms with E-state index in [9.17, 15) is 0 Å². The van der Waals surface area contributed by atoms with Crippen molar-refractivity contribution in [2.24, 2.45) is 5.92 Å². The van der Waals surface area contributed by atoms with Crippen LogP contribution in [-0.4, -0.2) is 18.7 Å². The van der Waals surface area contributed by atoms with Gasteiger partial charge >= 0.3 is 0 Å². The van der Waals surface area contributed by atoms with Gasteiger partial charge in [-0.25, -0.2) is 0 Å². The molecule has 128 valence electrons. The Kier molecular flexibility index (Phi) is 5.05. The molecule has 2 aromatic rings. The summed E-state index contributed by atoms with van der Waals surface area (Å²) in [5.74, 6) is 2.25. The molecule has 0 fully saturated rings. The van der Waals surface area contributed by atoms with Crippen molar-refractivity contribution in [1.29, 1.82) is 0 Å². The molecule has 0 bridgehead atoms. The molecule has 0 spiro atoms. The van der Waals surface area contributed by atoms with Crippen LogP contribution in [0.5, 0.6) is 11.5 Å². The summed E-state index contributed by atoms with van der Waals surface area (Å²) in [6.07, 6.45) is 2.82. The first-order chi connectivity index (χ1) is 11.6. The minimum Gasteiger partial charge on any atom is -0.497 e. The smallest absolute Gasteiger partial charge is 0.124 e. The lowest BCUT2D eigenvalue weighted by molar-refractivity contribution is 0.232. The lowest BCUT2D eigenvalue weighted by Crippen LogP contribution is -2.34. The van der Waals surface area contributed by atoms with Crippen molar-refractivity contribution in [2.45, 2.75) is 39.3 Å². The first-order valence-electron chi connectivity index (χ1n) is 8.58. The second-order valence-electron chi connectivity index (χ2n) is 6.69. The normalized spacial score (nSPS) is 18.0. The Morgan fingerprint density at radius 2 is 2.12 bits per heavy atom. The summed E-state index contributed by atoms with van der Waals surface area (Å²) in [7, 11) is 1.70. The number of pyridine rings is 1. The molecule has 4 nitrogen and oxygen atoms in total. The lowest BCUT2D eigenvalue weighted by atomic mass is 9.93. The Labute approximate surface area is 144 Å². The van der Waals surface area contributed by atoms with Gasteiger partial charge < -0.3 is 14.8 Å². The highest BCUT2D eigenvalue weighted by molar-refractivity contribution is 5.43. The van der Waals surface area contributed by atoms with Crippen molar-refractivity contribution >= 4 is 0 Å². The monoisotopic (exact) mass is 326 g/mol. The van der Waals surface area contributed by atoms with Gasteiger partial charge in [0.05, 0.1) is 25.5 Å². The van der Waals surface area contributed by atoms with Crippen LogP contribution in [0.2, 0.25) is 0 Å². The molecule has 1 N–H and O–H groups in total. The molecular formula is C20H26N2O2. The Morgan fingerprint density at radius 1 is 1.29 bits per heavy atom. The zero-order valence-corrected chi connectivity index (χ0v) is 14.9. The van der Waals surface area contributed by atoms with Crippen molar-refractivity contribution < 1.29 is 9.47 Å². The Morgan fingerprint density at radius 3 is 2.83 bits per heavy atom. The molecule has 1 aromatic carbocycles. The van der Waals surface area contributed by atoms with Gasteiger partial charge in [-0.15, -0.1) is 0 Å². The van der Waals surface area contributed by atoms with Crippen LogP contribution in [0.1, 0.15) is 49.2 Å². The van der Waals surface area contributed by atoms with Crippen LogP contribution in [0.25, 0.3) is 0 Å². The second kappa shape index (κ2) is 7.22. The van der Waals surface area contributed by atoms with Gasteiger partial charge in [-0.3, -0.25) is 4.98 Å². The fourth-order valence-electron chi connectivity index (χ4n) is 3.30. The molecule has 1 aliphatic heterocycles. The van der Waals surface area contributed by atoms with Crippen molar-refractivity contribution in [1.82, 2.24) is 10.3 Å². The van der Waals surface area contributed by atoms with Gasteiger partial charge in [0.25, 0.3) is 0 Å². The molecule has 4 heteroatoms. The van der Waals surface area contributed by atoms with Crippen LogP contribution in [0.4, 0.5) is 0 Å². The van der Waals surface area contributed by atoms with E-state index >= 15 is 0 Å². The molecule has 24 heavy (non-hydrogen) atoms. The molecular weight excluding hydrogens is 300 g/mol. The summed E-state index contributed by atoms with van der Waals surface area (Å²) in [6.45, 7) is 7.32. The van der Waals surface area contributed by atoms with Gasteiger partial charge in [0.1, 0.15) is 11.5 Å². The topological polar surface area (TPSA) is 43.4 Å². The van der Waals surface area contributed by atoms with E-state index in [2.05, 4.69) is 43.2 Å². The maximum atomic E-state index is 5.81. The molecule has 3 rings (SSSR count). The number of hydrogen-bond acceptors (Lipinski definition) is 4. The Balaban J connectivity index is 1.91. The fraction of sp³-hybridized carbons (Fsp3) is 0.450. The SMILES string of the molecule is COc1ccc2c(c1)[C@@H](N[C@@H](c1ncccc1C)C(C)C)CCO2. The Bertz CT molecular complexity index is 700. The van der Waals surface area contributed by atoms with E-state index in [4.69, 9.17) is 9.47 Å². The zero-order valence-electron chi connectivity index (χ0n) is 14.9. The maximum Gasteiger partial charge on any atom is 0.124 e. The van der Waals surface area contributed by atoms with E-state index in [1.807, 2.05) is 24.4 Å². The van der Waals surface area contributed by atoms with Gasteiger partial charge in [0.2, 0.25) is 0 Å². The van der Waals surface area contributed by atoms with Gasteiger partial charge in [-0.1, -0.05) is 19.9 Å². The molecule has 1 aliphatic rings. The lowest BCUT2D eigenvalue weighted by Gasteiger charge is -2.33. The number of hydrogen-bond donors (Lipinski definition) is 1. The molecule has 2 atom stereocenters. The molecule has 0 radical (unpaired) electrons. The first kappa shape index (κ1) is 16.8. The predicted octanol–water partition coefficient (Wildman–Crippen LogP) is 4.21. The number of methoxy groups -OCH3 is 1. The third kappa shape index (κ3) is 3.39. The number of nitrogens with one attached hydrogen (secondary N) is 1. The van der Waals surface area contributed by atoms with Gasteiger partial charge in [0.15, 0.2) is 0 Å². The highest BCUT2D eigenvalue weighted by atomic mass is 16.5. The molecule has 0 aliphatic carbocycles. The number of rotatable bonds is 5. The molecule has 0 amide bonds. The third-order valence-electron chi connectivity index (χ3n) is 4.65. The number of aryl methyl sites for hydroxylation is 1. The summed E-state index contributed by atoms with van der Waals surface area (Å²) in [5, 5.41) is 3.82. The van der Waals surface area contributed by atoms with E-state index in [-0.39, 0.29) is 12.1 Å². The number of fused-ring (bicyclic) bond motifs is 1. The molecule has 1 aromatic heterocycles. The summed E-state index contributed by atoms with van der Waals surface area (Å²) in [4.78, 5) is 4.64. The second-order valence-corrected chi connectivity index (χ2v) is 6.69. The molecule has 0 unspecified atom stereocenters. The van der Waals surface area contributed by atoms with Crippen LogP contribution >= 0.6 is 0 Å². The minimum atomic E-state index is 0.202. The minimum absolute atomic E-state index is 0.202. The van der Waals surface area contributed by atoms with Gasteiger partial charge in [-0.2, -0.15) is 0 Å². The summed E-state index contributed by atoms with van der Waals surface area (Å²) in [5.41, 5.74) is 3.52. The van der Waals surface area contributed by atoms with Gasteiger partial charge in [-0.05, 0) is 42.7 Å². The standard InChI is InChI=1S/C20H26N2O2/c1-13(2)19(20-14(3)6-5-10-21-20)22-17-9-11-24-18-8-7-15(23-4)12-16(17)18/h5-8,10,12-13,17,19,22H,9,11H2,1-4H3/t17-,19+/m0/s1. The van der Waals surface area contributed by atoms with Crippen molar-refractivity contribution in [2.75, 3.05) is 13.7 Å². The third-order valence-corrected chi connectivity index (χ3v) is 4.65.